The largest absolute Gasteiger partial charge is 0.497 e. The Morgan fingerprint density at radius 3 is 2.30 bits per heavy atom. The Bertz CT molecular complexity index is 842. The van der Waals surface area contributed by atoms with Crippen LogP contribution in [0.2, 0.25) is 0 Å². The molecule has 9 heteroatoms. The first-order valence-electron chi connectivity index (χ1n) is 9.52. The van der Waals surface area contributed by atoms with Gasteiger partial charge in [-0.1, -0.05) is 12.1 Å². The number of nitrogens with zero attached hydrogens (tertiary/aromatic N) is 1. The Kier molecular flexibility index (Phi) is 7.11. The van der Waals surface area contributed by atoms with Crippen molar-refractivity contribution in [1.82, 2.24) is 4.98 Å². The molecule has 1 aromatic heterocycles. The highest BCUT2D eigenvalue weighted by atomic mass is 16.7. The molecule has 0 amide bonds. The molecule has 30 heavy (non-hydrogen) atoms. The zero-order chi connectivity index (χ0) is 21.8. The lowest BCUT2D eigenvalue weighted by Gasteiger charge is -2.39. The molecule has 4 N–H and O–H groups in total. The van der Waals surface area contributed by atoms with Crippen molar-refractivity contribution in [3.8, 4) is 17.5 Å². The predicted molar refractivity (Wildman–Crippen MR) is 106 cm³/mol. The minimum Gasteiger partial charge on any atom is -0.497 e. The number of hydrogen-bond acceptors (Lipinski definition) is 9. The lowest BCUT2D eigenvalue weighted by atomic mass is 9.99. The van der Waals surface area contributed by atoms with Gasteiger partial charge in [-0.2, -0.15) is 4.98 Å². The molecule has 1 aliphatic rings. The number of aromatic nitrogens is 1. The zero-order valence-corrected chi connectivity index (χ0v) is 17.1. The Balaban J connectivity index is 1.91. The van der Waals surface area contributed by atoms with Crippen LogP contribution in [-0.2, 0) is 11.2 Å². The van der Waals surface area contributed by atoms with E-state index in [0.29, 0.717) is 12.3 Å². The number of benzene rings is 1. The molecular formula is C21H27NO8. The molecule has 0 spiro atoms. The first kappa shape index (κ1) is 22.3. The molecule has 3 rings (SSSR count). The lowest BCUT2D eigenvalue weighted by Crippen LogP contribution is -2.60. The van der Waals surface area contributed by atoms with Crippen molar-refractivity contribution in [1.29, 1.82) is 0 Å². The van der Waals surface area contributed by atoms with E-state index in [0.717, 1.165) is 22.4 Å². The first-order valence-corrected chi connectivity index (χ1v) is 9.52. The van der Waals surface area contributed by atoms with Gasteiger partial charge in [-0.05, 0) is 30.2 Å². The van der Waals surface area contributed by atoms with Gasteiger partial charge in [-0.25, -0.2) is 0 Å². The van der Waals surface area contributed by atoms with Crippen molar-refractivity contribution in [2.45, 2.75) is 44.1 Å². The number of aliphatic hydroxyl groups is 4. The number of methoxy groups -OCH3 is 2. The van der Waals surface area contributed by atoms with Gasteiger partial charge in [-0.3, -0.25) is 0 Å². The predicted octanol–water partition coefficient (Wildman–Crippen LogP) is 0.177. The number of ether oxygens (including phenoxy) is 4. The number of aliphatic hydroxyl groups excluding tert-OH is 4. The van der Waals surface area contributed by atoms with E-state index in [1.807, 2.05) is 31.2 Å². The van der Waals surface area contributed by atoms with Gasteiger partial charge in [-0.15, -0.1) is 0 Å². The maximum Gasteiger partial charge on any atom is 0.231 e. The molecule has 0 saturated carbocycles. The van der Waals surface area contributed by atoms with Crippen LogP contribution in [0.1, 0.15) is 16.7 Å². The molecule has 9 nitrogen and oxygen atoms in total. The summed E-state index contributed by atoms with van der Waals surface area (Å²) in [5.41, 5.74) is 2.56. The second-order valence-corrected chi connectivity index (χ2v) is 7.11. The maximum atomic E-state index is 10.3. The van der Waals surface area contributed by atoms with Gasteiger partial charge >= 0.3 is 0 Å². The number of hydrogen-bond donors (Lipinski definition) is 4. The third-order valence-electron chi connectivity index (χ3n) is 5.11. The number of rotatable bonds is 7. The maximum absolute atomic E-state index is 10.3. The summed E-state index contributed by atoms with van der Waals surface area (Å²) >= 11 is 0. The van der Waals surface area contributed by atoms with Crippen LogP contribution in [0.3, 0.4) is 0 Å². The van der Waals surface area contributed by atoms with E-state index < -0.39 is 37.3 Å². The van der Waals surface area contributed by atoms with Gasteiger partial charge in [0.15, 0.2) is 0 Å². The fourth-order valence-corrected chi connectivity index (χ4v) is 3.28. The Morgan fingerprint density at radius 1 is 1.00 bits per heavy atom. The standard InChI is InChI=1S/C21H27NO8/c1-11-8-16(28-3)22-20(14(11)9-12-4-6-13(27-2)7-5-12)30-21-19(26)18(25)17(24)15(10-23)29-21/h4-8,15,17-19,21,23-26H,9-10H2,1-3H3/t15-,17-,18+,19-,21?/m1/s1. The van der Waals surface area contributed by atoms with E-state index in [-0.39, 0.29) is 5.88 Å². The molecule has 164 valence electrons. The summed E-state index contributed by atoms with van der Waals surface area (Å²) in [6, 6.07) is 9.29. The van der Waals surface area contributed by atoms with Gasteiger partial charge in [0.1, 0.15) is 30.2 Å². The van der Waals surface area contributed by atoms with Gasteiger partial charge in [0, 0.05) is 18.1 Å². The molecule has 1 aliphatic heterocycles. The molecule has 0 radical (unpaired) electrons. The third kappa shape index (κ3) is 4.66. The van der Waals surface area contributed by atoms with Crippen molar-refractivity contribution >= 4 is 0 Å². The second-order valence-electron chi connectivity index (χ2n) is 7.11. The second kappa shape index (κ2) is 9.59. The van der Waals surface area contributed by atoms with E-state index in [1.54, 1.807) is 13.2 Å². The van der Waals surface area contributed by atoms with Crippen molar-refractivity contribution < 1.29 is 39.4 Å². The van der Waals surface area contributed by atoms with Crippen molar-refractivity contribution in [2.75, 3.05) is 20.8 Å². The minimum absolute atomic E-state index is 0.159. The molecular weight excluding hydrogens is 394 g/mol. The van der Waals surface area contributed by atoms with Crippen LogP contribution in [0.4, 0.5) is 0 Å². The first-order chi connectivity index (χ1) is 14.4. The highest BCUT2D eigenvalue weighted by Crippen LogP contribution is 2.31. The van der Waals surface area contributed by atoms with Gasteiger partial charge in [0.2, 0.25) is 18.1 Å². The van der Waals surface area contributed by atoms with Gasteiger partial charge in [0.25, 0.3) is 0 Å². The van der Waals surface area contributed by atoms with Crippen molar-refractivity contribution in [2.24, 2.45) is 0 Å². The van der Waals surface area contributed by atoms with E-state index >= 15 is 0 Å². The van der Waals surface area contributed by atoms with Crippen LogP contribution >= 0.6 is 0 Å². The molecule has 5 atom stereocenters. The third-order valence-corrected chi connectivity index (χ3v) is 5.11. The van der Waals surface area contributed by atoms with E-state index in [1.165, 1.54) is 7.11 Å². The summed E-state index contributed by atoms with van der Waals surface area (Å²) in [5, 5.41) is 39.7. The van der Waals surface area contributed by atoms with E-state index in [4.69, 9.17) is 18.9 Å². The summed E-state index contributed by atoms with van der Waals surface area (Å²) in [6.07, 6.45) is -6.50. The molecule has 2 aromatic rings. The smallest absolute Gasteiger partial charge is 0.231 e. The van der Waals surface area contributed by atoms with Crippen LogP contribution in [0.15, 0.2) is 30.3 Å². The van der Waals surface area contributed by atoms with E-state index in [9.17, 15) is 20.4 Å². The van der Waals surface area contributed by atoms with Crippen molar-refractivity contribution in [3.63, 3.8) is 0 Å². The topological polar surface area (TPSA) is 131 Å². The Hall–Kier alpha value is -2.43. The zero-order valence-electron chi connectivity index (χ0n) is 17.1. The fourth-order valence-electron chi connectivity index (χ4n) is 3.28. The lowest BCUT2D eigenvalue weighted by molar-refractivity contribution is -0.278. The number of pyridine rings is 1. The Labute approximate surface area is 174 Å². The quantitative estimate of drug-likeness (QED) is 0.494. The van der Waals surface area contributed by atoms with Gasteiger partial charge in [0.05, 0.1) is 20.8 Å². The summed E-state index contributed by atoms with van der Waals surface area (Å²) in [4.78, 5) is 4.34. The highest BCUT2D eigenvalue weighted by molar-refractivity contribution is 5.42. The van der Waals surface area contributed by atoms with Gasteiger partial charge < -0.3 is 39.4 Å². The van der Waals surface area contributed by atoms with E-state index in [2.05, 4.69) is 4.98 Å². The number of aryl methyl sites for hydroxylation is 1. The monoisotopic (exact) mass is 421 g/mol. The molecule has 1 aromatic carbocycles. The average Bonchev–Trinajstić information content (AvgIpc) is 2.76. The average molecular weight is 421 g/mol. The fraction of sp³-hybridized carbons (Fsp3) is 0.476. The molecule has 0 aliphatic carbocycles. The summed E-state index contributed by atoms with van der Waals surface area (Å²) < 4.78 is 21.7. The summed E-state index contributed by atoms with van der Waals surface area (Å²) in [7, 11) is 3.07. The van der Waals surface area contributed by atoms with Crippen molar-refractivity contribution in [3.05, 3.63) is 47.0 Å². The molecule has 1 saturated heterocycles. The summed E-state index contributed by atoms with van der Waals surface area (Å²) in [6.45, 7) is 1.33. The van der Waals surface area contributed by atoms with Crippen LogP contribution in [0, 0.1) is 6.92 Å². The van der Waals surface area contributed by atoms with Crippen LogP contribution in [0.5, 0.6) is 17.5 Å². The van der Waals surface area contributed by atoms with Crippen LogP contribution < -0.4 is 14.2 Å². The molecule has 0 bridgehead atoms. The SMILES string of the molecule is COc1ccc(Cc2c(C)cc(OC)nc2OC2O[C@H](CO)[C@@H](O)[C@H](O)[C@H]2O)cc1. The molecule has 1 unspecified atom stereocenters. The van der Waals surface area contributed by atoms with Crippen LogP contribution in [-0.4, -0.2) is 76.9 Å². The molecule has 2 heterocycles. The molecule has 1 fully saturated rings. The summed E-state index contributed by atoms with van der Waals surface area (Å²) in [5.74, 6) is 1.21. The highest BCUT2D eigenvalue weighted by Gasteiger charge is 2.45. The minimum atomic E-state index is -1.54. The normalized spacial score (nSPS) is 26.3. The Morgan fingerprint density at radius 2 is 1.70 bits per heavy atom. The van der Waals surface area contributed by atoms with Crippen LogP contribution in [0.25, 0.3) is 0 Å².